The van der Waals surface area contributed by atoms with E-state index in [1.807, 2.05) is 22.8 Å². The highest BCUT2D eigenvalue weighted by atomic mass is 32.1. The Bertz CT molecular complexity index is 1090. The number of ether oxygens (including phenoxy) is 2. The summed E-state index contributed by atoms with van der Waals surface area (Å²) in [5, 5.41) is 4.77. The van der Waals surface area contributed by atoms with E-state index in [4.69, 9.17) is 14.5 Å². The van der Waals surface area contributed by atoms with Gasteiger partial charge < -0.3 is 19.4 Å². The third-order valence-corrected chi connectivity index (χ3v) is 6.28. The molecule has 1 aromatic carbocycles. The summed E-state index contributed by atoms with van der Waals surface area (Å²) in [5.74, 6) is 1.37. The Balaban J connectivity index is 1.81. The summed E-state index contributed by atoms with van der Waals surface area (Å²) in [5.41, 5.74) is 2.92. The van der Waals surface area contributed by atoms with Crippen LogP contribution in [0.2, 0.25) is 0 Å². The van der Waals surface area contributed by atoms with Crippen molar-refractivity contribution in [1.29, 1.82) is 0 Å². The Morgan fingerprint density at radius 2 is 2.00 bits per heavy atom. The van der Waals surface area contributed by atoms with Gasteiger partial charge in [0, 0.05) is 33.8 Å². The Kier molecular flexibility index (Phi) is 5.23. The van der Waals surface area contributed by atoms with Crippen LogP contribution in [0.15, 0.2) is 34.6 Å². The van der Waals surface area contributed by atoms with Gasteiger partial charge in [-0.1, -0.05) is 0 Å². The van der Waals surface area contributed by atoms with Crippen LogP contribution >= 0.6 is 22.7 Å². The zero-order chi connectivity index (χ0) is 19.7. The first-order valence-electron chi connectivity index (χ1n) is 8.96. The molecule has 0 aliphatic carbocycles. The minimum atomic E-state index is -0.0621. The second-order valence-corrected chi connectivity index (χ2v) is 8.73. The molecule has 1 aliphatic rings. The number of benzene rings is 1. The number of nitrogens with one attached hydrogen (secondary N) is 1. The van der Waals surface area contributed by atoms with E-state index in [1.165, 1.54) is 21.1 Å². The zero-order valence-electron chi connectivity index (χ0n) is 15.9. The minimum Gasteiger partial charge on any atom is -0.486 e. The van der Waals surface area contributed by atoms with E-state index in [0.29, 0.717) is 19.0 Å². The lowest BCUT2D eigenvalue weighted by Gasteiger charge is -2.18. The van der Waals surface area contributed by atoms with Crippen LogP contribution in [0.1, 0.15) is 9.75 Å². The molecule has 3 heterocycles. The first kappa shape index (κ1) is 18.8. The molecule has 3 aromatic rings. The molecule has 0 bridgehead atoms. The monoisotopic (exact) mass is 415 g/mol. The van der Waals surface area contributed by atoms with E-state index in [0.717, 1.165) is 27.5 Å². The molecule has 0 radical (unpaired) electrons. The fourth-order valence-corrected chi connectivity index (χ4v) is 4.96. The molecule has 0 saturated carbocycles. The summed E-state index contributed by atoms with van der Waals surface area (Å²) in [4.78, 5) is 20.2. The van der Waals surface area contributed by atoms with Crippen LogP contribution in [0.25, 0.3) is 11.3 Å². The van der Waals surface area contributed by atoms with Gasteiger partial charge in [-0.2, -0.15) is 0 Å². The van der Waals surface area contributed by atoms with Gasteiger partial charge in [-0.3, -0.25) is 4.79 Å². The molecular formula is C20H21N3O3S2. The molecule has 1 aliphatic heterocycles. The van der Waals surface area contributed by atoms with E-state index < -0.39 is 0 Å². The van der Waals surface area contributed by atoms with Gasteiger partial charge in [-0.25, -0.2) is 4.99 Å². The number of thiazole rings is 1. The highest BCUT2D eigenvalue weighted by Crippen LogP contribution is 2.34. The van der Waals surface area contributed by atoms with Crippen LogP contribution in [-0.4, -0.2) is 30.7 Å². The lowest BCUT2D eigenvalue weighted by Crippen LogP contribution is -2.28. The number of carbonyl (C=O) groups excluding carboxylic acids is 1. The Morgan fingerprint density at radius 3 is 2.71 bits per heavy atom. The van der Waals surface area contributed by atoms with Gasteiger partial charge in [0.25, 0.3) is 0 Å². The zero-order valence-corrected chi connectivity index (χ0v) is 17.6. The van der Waals surface area contributed by atoms with Crippen molar-refractivity contribution < 1.29 is 14.3 Å². The Labute approximate surface area is 171 Å². The molecule has 4 rings (SSSR count). The summed E-state index contributed by atoms with van der Waals surface area (Å²) in [6, 6.07) is 7.81. The molecule has 1 N–H and O–H groups in total. The van der Waals surface area contributed by atoms with Crippen LogP contribution in [0.3, 0.4) is 0 Å². The maximum Gasteiger partial charge on any atom is 0.239 e. The van der Waals surface area contributed by atoms with Gasteiger partial charge >= 0.3 is 0 Å². The van der Waals surface area contributed by atoms with Crippen molar-refractivity contribution in [3.8, 4) is 22.8 Å². The second kappa shape index (κ2) is 7.81. The van der Waals surface area contributed by atoms with Gasteiger partial charge in [0.15, 0.2) is 16.3 Å². The lowest BCUT2D eigenvalue weighted by molar-refractivity contribution is -0.121. The second-order valence-electron chi connectivity index (χ2n) is 6.43. The highest BCUT2D eigenvalue weighted by Gasteiger charge is 2.16. The maximum absolute atomic E-state index is 12.1. The first-order chi connectivity index (χ1) is 13.5. The summed E-state index contributed by atoms with van der Waals surface area (Å²) in [7, 11) is 1.65. The number of hydrogen-bond acceptors (Lipinski definition) is 6. The number of carbonyl (C=O) groups is 1. The van der Waals surface area contributed by atoms with Crippen molar-refractivity contribution in [2.75, 3.05) is 20.3 Å². The van der Waals surface area contributed by atoms with Crippen molar-refractivity contribution in [2.24, 2.45) is 4.99 Å². The number of amides is 1. The topological polar surface area (TPSA) is 64.9 Å². The molecule has 0 unspecified atom stereocenters. The average molecular weight is 416 g/mol. The molecule has 8 heteroatoms. The first-order valence-corrected chi connectivity index (χ1v) is 10.7. The average Bonchev–Trinajstić information content (AvgIpc) is 3.23. The molecule has 6 nitrogen and oxygen atoms in total. The third kappa shape index (κ3) is 3.70. The molecule has 0 atom stereocenters. The lowest BCUT2D eigenvalue weighted by atomic mass is 10.2. The van der Waals surface area contributed by atoms with Gasteiger partial charge in [0.2, 0.25) is 5.91 Å². The highest BCUT2D eigenvalue weighted by molar-refractivity contribution is 7.12. The SMILES string of the molecule is CNC(=O)Cn1c(-c2cc(C)sc2C)csc1=Nc1ccc2c(c1)OCCO2. The van der Waals surface area contributed by atoms with Gasteiger partial charge in [-0.05, 0) is 32.0 Å². The van der Waals surface area contributed by atoms with E-state index in [-0.39, 0.29) is 12.5 Å². The normalized spacial score (nSPS) is 13.6. The smallest absolute Gasteiger partial charge is 0.239 e. The van der Waals surface area contributed by atoms with Crippen LogP contribution in [0, 0.1) is 13.8 Å². The summed E-state index contributed by atoms with van der Waals surface area (Å²) >= 11 is 3.28. The predicted octanol–water partition coefficient (Wildman–Crippen LogP) is 3.64. The van der Waals surface area contributed by atoms with E-state index in [1.54, 1.807) is 18.4 Å². The largest absolute Gasteiger partial charge is 0.486 e. The van der Waals surface area contributed by atoms with Crippen LogP contribution in [-0.2, 0) is 11.3 Å². The fraction of sp³-hybridized carbons (Fsp3) is 0.300. The van der Waals surface area contributed by atoms with Crippen LogP contribution in [0.4, 0.5) is 5.69 Å². The quantitative estimate of drug-likeness (QED) is 0.708. The number of thiophene rings is 1. The number of likely N-dealkylation sites (N-methyl/N-ethyl adjacent to an activating group) is 1. The molecule has 0 saturated heterocycles. The van der Waals surface area contributed by atoms with Gasteiger partial charge in [0.1, 0.15) is 19.8 Å². The minimum absolute atomic E-state index is 0.0621. The van der Waals surface area contributed by atoms with Crippen molar-refractivity contribution in [2.45, 2.75) is 20.4 Å². The number of hydrogen-bond donors (Lipinski definition) is 1. The molecule has 2 aromatic heterocycles. The van der Waals surface area contributed by atoms with Crippen molar-refractivity contribution in [1.82, 2.24) is 9.88 Å². The van der Waals surface area contributed by atoms with Gasteiger partial charge in [0.05, 0.1) is 11.4 Å². The van der Waals surface area contributed by atoms with Crippen molar-refractivity contribution in [3.63, 3.8) is 0 Å². The summed E-state index contributed by atoms with van der Waals surface area (Å²) in [6.07, 6.45) is 0. The molecular weight excluding hydrogens is 394 g/mol. The number of fused-ring (bicyclic) bond motifs is 1. The molecule has 146 valence electrons. The Hall–Kier alpha value is -2.58. The number of nitrogens with zero attached hydrogens (tertiary/aromatic N) is 2. The Morgan fingerprint density at radius 1 is 1.21 bits per heavy atom. The third-order valence-electron chi connectivity index (χ3n) is 4.45. The van der Waals surface area contributed by atoms with E-state index in [2.05, 4.69) is 30.6 Å². The number of aromatic nitrogens is 1. The van der Waals surface area contributed by atoms with Gasteiger partial charge in [-0.15, -0.1) is 22.7 Å². The standard InChI is InChI=1S/C20H21N3O3S2/c1-12-8-15(13(2)28-12)16-11-27-20(23(16)10-19(24)21-3)22-14-4-5-17-18(9-14)26-7-6-25-17/h4-5,8-9,11H,6-7,10H2,1-3H3,(H,21,24). The summed E-state index contributed by atoms with van der Waals surface area (Å²) in [6.45, 7) is 5.51. The van der Waals surface area contributed by atoms with E-state index in [9.17, 15) is 4.79 Å². The molecule has 0 spiro atoms. The fourth-order valence-electron chi connectivity index (χ4n) is 3.11. The van der Waals surface area contributed by atoms with Crippen molar-refractivity contribution in [3.05, 3.63) is 44.2 Å². The number of rotatable bonds is 4. The van der Waals surface area contributed by atoms with Crippen molar-refractivity contribution >= 4 is 34.3 Å². The predicted molar refractivity (Wildman–Crippen MR) is 112 cm³/mol. The maximum atomic E-state index is 12.1. The number of aryl methyl sites for hydroxylation is 2. The molecule has 1 amide bonds. The van der Waals surface area contributed by atoms with Crippen LogP contribution < -0.4 is 19.6 Å². The summed E-state index contributed by atoms with van der Waals surface area (Å²) < 4.78 is 13.2. The van der Waals surface area contributed by atoms with Crippen LogP contribution in [0.5, 0.6) is 11.5 Å². The molecule has 28 heavy (non-hydrogen) atoms. The molecule has 0 fully saturated rings. The van der Waals surface area contributed by atoms with E-state index >= 15 is 0 Å².